The van der Waals surface area contributed by atoms with Crippen LogP contribution in [0, 0.1) is 10.8 Å². The van der Waals surface area contributed by atoms with Crippen molar-refractivity contribution >= 4 is 11.9 Å². The third-order valence-corrected chi connectivity index (χ3v) is 4.17. The normalized spacial score (nSPS) is 13.3. The topological polar surface area (TPSA) is 71.1 Å². The molecule has 6 heteroatoms. The minimum atomic E-state index is -0.561. The third kappa shape index (κ3) is 10.1. The lowest BCUT2D eigenvalue weighted by Gasteiger charge is -2.26. The van der Waals surface area contributed by atoms with Crippen LogP contribution in [0.3, 0.4) is 0 Å². The van der Waals surface area contributed by atoms with Gasteiger partial charge in [-0.1, -0.05) is 0 Å². The zero-order valence-electron chi connectivity index (χ0n) is 17.7. The van der Waals surface area contributed by atoms with Gasteiger partial charge in [0, 0.05) is 6.61 Å². The molecule has 0 saturated heterocycles. The van der Waals surface area contributed by atoms with Gasteiger partial charge in [0.2, 0.25) is 0 Å². The number of carbonyl (C=O) groups is 2. The molecule has 0 radical (unpaired) electrons. The number of carbonyl (C=O) groups excluding carboxylic acids is 2. The molecule has 0 aromatic carbocycles. The fourth-order valence-electron chi connectivity index (χ4n) is 2.64. The Morgan fingerprint density at radius 3 is 1.92 bits per heavy atom. The molecule has 0 heterocycles. The highest BCUT2D eigenvalue weighted by molar-refractivity contribution is 5.76. The van der Waals surface area contributed by atoms with E-state index in [1.807, 2.05) is 41.5 Å². The van der Waals surface area contributed by atoms with E-state index in [1.54, 1.807) is 6.92 Å². The SMILES string of the molecule is CCOC(=O)C(C)(C)CCCOCCOC(C)CC(C)(C)C(=O)OCC. The largest absolute Gasteiger partial charge is 0.466 e. The molecule has 0 N–H and O–H groups in total. The number of ether oxygens (including phenoxy) is 4. The third-order valence-electron chi connectivity index (χ3n) is 4.17. The molecule has 0 rings (SSSR count). The van der Waals surface area contributed by atoms with E-state index in [2.05, 4.69) is 0 Å². The lowest BCUT2D eigenvalue weighted by Crippen LogP contribution is -2.31. The van der Waals surface area contributed by atoms with Crippen molar-refractivity contribution in [2.45, 2.75) is 73.8 Å². The maximum atomic E-state index is 11.9. The zero-order chi connectivity index (χ0) is 20.2. The molecule has 6 nitrogen and oxygen atoms in total. The summed E-state index contributed by atoms with van der Waals surface area (Å²) in [6, 6.07) is 0. The minimum absolute atomic E-state index is 0.0549. The molecule has 0 aromatic rings. The highest BCUT2D eigenvalue weighted by Crippen LogP contribution is 2.26. The van der Waals surface area contributed by atoms with Crippen LogP contribution in [0.5, 0.6) is 0 Å². The van der Waals surface area contributed by atoms with Crippen LogP contribution in [0.15, 0.2) is 0 Å². The van der Waals surface area contributed by atoms with Crippen molar-refractivity contribution < 1.29 is 28.5 Å². The van der Waals surface area contributed by atoms with Gasteiger partial charge in [0.1, 0.15) is 0 Å². The fourth-order valence-corrected chi connectivity index (χ4v) is 2.64. The van der Waals surface area contributed by atoms with Crippen molar-refractivity contribution in [3.8, 4) is 0 Å². The molecule has 0 saturated carbocycles. The monoisotopic (exact) mass is 374 g/mol. The molecule has 0 aromatic heterocycles. The van der Waals surface area contributed by atoms with Crippen LogP contribution in [0.4, 0.5) is 0 Å². The number of esters is 2. The van der Waals surface area contributed by atoms with Crippen molar-refractivity contribution in [2.75, 3.05) is 33.0 Å². The van der Waals surface area contributed by atoms with E-state index >= 15 is 0 Å². The fraction of sp³-hybridized carbons (Fsp3) is 0.900. The molecule has 1 unspecified atom stereocenters. The highest BCUT2D eigenvalue weighted by Gasteiger charge is 2.31. The van der Waals surface area contributed by atoms with Gasteiger partial charge in [0.15, 0.2) is 0 Å². The Morgan fingerprint density at radius 1 is 0.846 bits per heavy atom. The van der Waals surface area contributed by atoms with Crippen LogP contribution < -0.4 is 0 Å². The van der Waals surface area contributed by atoms with Crippen LogP contribution in [0.2, 0.25) is 0 Å². The predicted molar refractivity (Wildman–Crippen MR) is 101 cm³/mol. The van der Waals surface area contributed by atoms with E-state index in [0.29, 0.717) is 39.5 Å². The van der Waals surface area contributed by atoms with Gasteiger partial charge in [-0.2, -0.15) is 0 Å². The van der Waals surface area contributed by atoms with Crippen molar-refractivity contribution in [1.29, 1.82) is 0 Å². The van der Waals surface area contributed by atoms with Crippen LogP contribution in [0.1, 0.15) is 67.7 Å². The Bertz CT molecular complexity index is 417. The lowest BCUT2D eigenvalue weighted by molar-refractivity contribution is -0.155. The first kappa shape index (κ1) is 24.9. The summed E-state index contributed by atoms with van der Waals surface area (Å²) in [5.74, 6) is -0.364. The molecule has 0 aliphatic rings. The Balaban J connectivity index is 3.87. The number of hydrogen-bond donors (Lipinski definition) is 0. The molecular weight excluding hydrogens is 336 g/mol. The van der Waals surface area contributed by atoms with Crippen molar-refractivity contribution in [1.82, 2.24) is 0 Å². The van der Waals surface area contributed by atoms with Gasteiger partial charge in [-0.05, 0) is 67.7 Å². The summed E-state index contributed by atoms with van der Waals surface area (Å²) in [7, 11) is 0. The van der Waals surface area contributed by atoms with Crippen LogP contribution in [-0.2, 0) is 28.5 Å². The van der Waals surface area contributed by atoms with Gasteiger partial charge in [0.05, 0.1) is 43.4 Å². The van der Waals surface area contributed by atoms with Crippen molar-refractivity contribution in [3.63, 3.8) is 0 Å². The van der Waals surface area contributed by atoms with E-state index in [9.17, 15) is 9.59 Å². The van der Waals surface area contributed by atoms with Crippen LogP contribution >= 0.6 is 0 Å². The molecule has 26 heavy (non-hydrogen) atoms. The Morgan fingerprint density at radius 2 is 1.38 bits per heavy atom. The Labute approximate surface area is 158 Å². The summed E-state index contributed by atoms with van der Waals surface area (Å²) in [5.41, 5.74) is -1.04. The van der Waals surface area contributed by atoms with Gasteiger partial charge in [0.25, 0.3) is 0 Å². The zero-order valence-corrected chi connectivity index (χ0v) is 17.7. The van der Waals surface area contributed by atoms with E-state index in [-0.39, 0.29) is 18.0 Å². The molecule has 0 aliphatic heterocycles. The molecule has 0 bridgehead atoms. The Hall–Kier alpha value is -1.14. The van der Waals surface area contributed by atoms with E-state index in [4.69, 9.17) is 18.9 Å². The molecule has 154 valence electrons. The Kier molecular flexibility index (Phi) is 11.7. The predicted octanol–water partition coefficient (Wildman–Crippen LogP) is 3.76. The van der Waals surface area contributed by atoms with E-state index in [0.717, 1.165) is 12.8 Å². The van der Waals surface area contributed by atoms with Gasteiger partial charge < -0.3 is 18.9 Å². The average Bonchev–Trinajstić information content (AvgIpc) is 2.53. The smallest absolute Gasteiger partial charge is 0.311 e. The second kappa shape index (κ2) is 12.3. The lowest BCUT2D eigenvalue weighted by atomic mass is 9.87. The second-order valence-electron chi connectivity index (χ2n) is 7.81. The van der Waals surface area contributed by atoms with E-state index < -0.39 is 10.8 Å². The summed E-state index contributed by atoms with van der Waals surface area (Å²) in [5, 5.41) is 0. The molecular formula is C20H38O6. The van der Waals surface area contributed by atoms with Gasteiger partial charge in [-0.25, -0.2) is 0 Å². The van der Waals surface area contributed by atoms with Gasteiger partial charge >= 0.3 is 11.9 Å². The molecule has 0 amide bonds. The minimum Gasteiger partial charge on any atom is -0.466 e. The first-order valence-electron chi connectivity index (χ1n) is 9.60. The molecule has 0 aliphatic carbocycles. The second-order valence-corrected chi connectivity index (χ2v) is 7.81. The highest BCUT2D eigenvalue weighted by atomic mass is 16.5. The average molecular weight is 375 g/mol. The maximum absolute atomic E-state index is 11.9. The first-order chi connectivity index (χ1) is 12.1. The maximum Gasteiger partial charge on any atom is 0.311 e. The summed E-state index contributed by atoms with van der Waals surface area (Å²) < 4.78 is 21.4. The standard InChI is InChI=1S/C20H38O6/c1-8-24-17(21)19(4,5)11-10-12-23-13-14-26-16(3)15-20(6,7)18(22)25-9-2/h16H,8-15H2,1-7H3. The summed E-state index contributed by atoms with van der Waals surface area (Å²) in [4.78, 5) is 23.7. The van der Waals surface area contributed by atoms with Gasteiger partial charge in [-0.15, -0.1) is 0 Å². The van der Waals surface area contributed by atoms with Crippen molar-refractivity contribution in [2.24, 2.45) is 10.8 Å². The summed E-state index contributed by atoms with van der Waals surface area (Å²) in [6.45, 7) is 15.4. The first-order valence-corrected chi connectivity index (χ1v) is 9.60. The van der Waals surface area contributed by atoms with Crippen LogP contribution in [-0.4, -0.2) is 51.1 Å². The molecule has 0 fully saturated rings. The summed E-state index contributed by atoms with van der Waals surface area (Å²) in [6.07, 6.45) is 2.05. The van der Waals surface area contributed by atoms with Gasteiger partial charge in [-0.3, -0.25) is 9.59 Å². The van der Waals surface area contributed by atoms with Crippen molar-refractivity contribution in [3.05, 3.63) is 0 Å². The molecule has 1 atom stereocenters. The number of hydrogen-bond acceptors (Lipinski definition) is 6. The summed E-state index contributed by atoms with van der Waals surface area (Å²) >= 11 is 0. The quantitative estimate of drug-likeness (QED) is 0.341. The number of rotatable bonds is 14. The van der Waals surface area contributed by atoms with Crippen LogP contribution in [0.25, 0.3) is 0 Å². The molecule has 0 spiro atoms. The van der Waals surface area contributed by atoms with E-state index in [1.165, 1.54) is 0 Å².